The highest BCUT2D eigenvalue weighted by atomic mass is 32.2. The average Bonchev–Trinajstić information content (AvgIpc) is 3.39. The van der Waals surface area contributed by atoms with Crippen LogP contribution in [-0.2, 0) is 14.4 Å². The number of hydrogen-bond acceptors (Lipinski definition) is 7. The van der Waals surface area contributed by atoms with Gasteiger partial charge in [-0.25, -0.2) is 9.89 Å². The molecule has 220 valence electrons. The van der Waals surface area contributed by atoms with E-state index in [1.165, 1.54) is 23.9 Å². The maximum Gasteiger partial charge on any atom is 0.259 e. The van der Waals surface area contributed by atoms with Gasteiger partial charge in [0.1, 0.15) is 11.9 Å². The Bertz CT molecular complexity index is 1380. The number of carbonyl (C=O) groups is 3. The van der Waals surface area contributed by atoms with Gasteiger partial charge in [0, 0.05) is 56.9 Å². The predicted octanol–water partition coefficient (Wildman–Crippen LogP) is 4.30. The molecule has 1 atom stereocenters. The number of amidine groups is 2. The number of fused-ring (bicyclic) bond motifs is 3. The molecular formula is C32H38N6O3S. The number of amides is 3. The van der Waals surface area contributed by atoms with Gasteiger partial charge in [0.05, 0.1) is 11.4 Å². The van der Waals surface area contributed by atoms with E-state index in [0.29, 0.717) is 30.5 Å². The second-order valence-electron chi connectivity index (χ2n) is 11.4. The normalized spacial score (nSPS) is 20.5. The van der Waals surface area contributed by atoms with E-state index in [9.17, 15) is 14.4 Å². The molecule has 42 heavy (non-hydrogen) atoms. The van der Waals surface area contributed by atoms with Crippen LogP contribution in [0.2, 0.25) is 0 Å². The highest BCUT2D eigenvalue weighted by molar-refractivity contribution is 8.14. The highest BCUT2D eigenvalue weighted by Crippen LogP contribution is 2.34. The molecule has 0 spiro atoms. The Morgan fingerprint density at radius 3 is 2.43 bits per heavy atom. The molecule has 1 saturated carbocycles. The van der Waals surface area contributed by atoms with Crippen molar-refractivity contribution in [3.05, 3.63) is 60.2 Å². The highest BCUT2D eigenvalue weighted by Gasteiger charge is 2.42. The predicted molar refractivity (Wildman–Crippen MR) is 167 cm³/mol. The van der Waals surface area contributed by atoms with Gasteiger partial charge < -0.3 is 14.7 Å². The number of anilines is 1. The summed E-state index contributed by atoms with van der Waals surface area (Å²) in [5.74, 6) is 0.702. The van der Waals surface area contributed by atoms with E-state index in [1.54, 1.807) is 4.90 Å². The number of aliphatic imine (C=N–C) groups is 2. The zero-order valence-electron chi connectivity index (χ0n) is 24.2. The van der Waals surface area contributed by atoms with Crippen molar-refractivity contribution in [1.29, 1.82) is 0 Å². The first-order valence-electron chi connectivity index (χ1n) is 15.1. The van der Waals surface area contributed by atoms with E-state index < -0.39 is 6.04 Å². The summed E-state index contributed by atoms with van der Waals surface area (Å²) in [5.41, 5.74) is 2.71. The van der Waals surface area contributed by atoms with Gasteiger partial charge in [-0.1, -0.05) is 61.4 Å². The van der Waals surface area contributed by atoms with E-state index in [4.69, 9.17) is 9.98 Å². The molecule has 1 aliphatic carbocycles. The van der Waals surface area contributed by atoms with Gasteiger partial charge in [-0.15, -0.1) is 0 Å². The Balaban J connectivity index is 1.08. The molecule has 0 radical (unpaired) electrons. The zero-order valence-corrected chi connectivity index (χ0v) is 25.0. The molecule has 2 aromatic carbocycles. The Hall–Kier alpha value is -3.66. The molecule has 9 nitrogen and oxygen atoms in total. The molecule has 0 N–H and O–H groups in total. The molecule has 1 saturated heterocycles. The third-order valence-corrected chi connectivity index (χ3v) is 9.70. The second kappa shape index (κ2) is 12.7. The molecule has 3 heterocycles. The molecular weight excluding hydrogens is 548 g/mol. The summed E-state index contributed by atoms with van der Waals surface area (Å²) in [5, 5.41) is 0.480. The Morgan fingerprint density at radius 2 is 1.67 bits per heavy atom. The summed E-state index contributed by atoms with van der Waals surface area (Å²) in [6.07, 6.45) is 6.26. The van der Waals surface area contributed by atoms with Crippen molar-refractivity contribution in [3.63, 3.8) is 0 Å². The van der Waals surface area contributed by atoms with Crippen LogP contribution in [0.1, 0.15) is 50.5 Å². The van der Waals surface area contributed by atoms with Crippen molar-refractivity contribution in [3.8, 4) is 0 Å². The Morgan fingerprint density at radius 1 is 0.952 bits per heavy atom. The fraction of sp³-hybridized carbons (Fsp3) is 0.469. The first kappa shape index (κ1) is 28.5. The fourth-order valence-electron chi connectivity index (χ4n) is 6.26. The lowest BCUT2D eigenvalue weighted by atomic mass is 9.94. The van der Waals surface area contributed by atoms with E-state index >= 15 is 0 Å². The third-order valence-electron chi connectivity index (χ3n) is 8.77. The monoisotopic (exact) mass is 586 g/mol. The molecule has 10 heteroatoms. The second-order valence-corrected chi connectivity index (χ2v) is 12.3. The van der Waals surface area contributed by atoms with Gasteiger partial charge in [-0.2, -0.15) is 0 Å². The van der Waals surface area contributed by atoms with Crippen LogP contribution in [0.25, 0.3) is 0 Å². The molecule has 4 aliphatic rings. The van der Waals surface area contributed by atoms with Gasteiger partial charge in [-0.05, 0) is 43.5 Å². The number of piperazine rings is 1. The summed E-state index contributed by atoms with van der Waals surface area (Å²) in [6, 6.07) is 17.5. The minimum absolute atomic E-state index is 0.0492. The van der Waals surface area contributed by atoms with Crippen molar-refractivity contribution < 1.29 is 14.4 Å². The third kappa shape index (κ3) is 5.95. The minimum Gasteiger partial charge on any atom is -0.368 e. The van der Waals surface area contributed by atoms with E-state index in [0.717, 1.165) is 50.0 Å². The van der Waals surface area contributed by atoms with Gasteiger partial charge in [0.25, 0.3) is 5.91 Å². The summed E-state index contributed by atoms with van der Waals surface area (Å²) >= 11 is 1.29. The van der Waals surface area contributed by atoms with Crippen molar-refractivity contribution in [2.24, 2.45) is 9.98 Å². The number of para-hydroxylation sites is 2. The smallest absolute Gasteiger partial charge is 0.259 e. The van der Waals surface area contributed by atoms with Crippen LogP contribution < -0.4 is 4.90 Å². The summed E-state index contributed by atoms with van der Waals surface area (Å²) in [4.78, 5) is 57.1. The van der Waals surface area contributed by atoms with Crippen molar-refractivity contribution in [2.45, 2.75) is 57.0 Å². The van der Waals surface area contributed by atoms with Gasteiger partial charge in [0.15, 0.2) is 5.17 Å². The lowest BCUT2D eigenvalue weighted by Crippen LogP contribution is -2.49. The number of carbonyl (C=O) groups excluding carboxylic acids is 3. The minimum atomic E-state index is -0.646. The van der Waals surface area contributed by atoms with Crippen LogP contribution in [-0.4, -0.2) is 94.5 Å². The van der Waals surface area contributed by atoms with Crippen molar-refractivity contribution in [1.82, 2.24) is 14.7 Å². The summed E-state index contributed by atoms with van der Waals surface area (Å²) < 4.78 is 0. The molecule has 2 fully saturated rings. The largest absolute Gasteiger partial charge is 0.368 e. The first-order chi connectivity index (χ1) is 20.5. The van der Waals surface area contributed by atoms with Crippen molar-refractivity contribution in [2.75, 3.05) is 43.9 Å². The van der Waals surface area contributed by atoms with Crippen LogP contribution in [0, 0.1) is 0 Å². The number of rotatable bonds is 7. The van der Waals surface area contributed by atoms with Gasteiger partial charge >= 0.3 is 0 Å². The molecule has 3 aliphatic heterocycles. The fourth-order valence-corrected chi connectivity index (χ4v) is 7.18. The maximum atomic E-state index is 13.7. The van der Waals surface area contributed by atoms with Crippen LogP contribution in [0.3, 0.4) is 0 Å². The lowest BCUT2D eigenvalue weighted by molar-refractivity contribution is -0.132. The molecule has 2 aromatic rings. The van der Waals surface area contributed by atoms with Gasteiger partial charge in [-0.3, -0.25) is 19.4 Å². The summed E-state index contributed by atoms with van der Waals surface area (Å²) in [6.45, 7) is 2.90. The van der Waals surface area contributed by atoms with Gasteiger partial charge in [0.2, 0.25) is 11.8 Å². The van der Waals surface area contributed by atoms with Crippen LogP contribution >= 0.6 is 11.8 Å². The van der Waals surface area contributed by atoms with Crippen LogP contribution in [0.15, 0.2) is 64.6 Å². The number of nitrogens with zero attached hydrogens (tertiary/aromatic N) is 6. The Kier molecular flexibility index (Phi) is 8.60. The van der Waals surface area contributed by atoms with Crippen molar-refractivity contribution >= 4 is 51.9 Å². The molecule has 3 amide bonds. The number of benzene rings is 2. The topological polar surface area (TPSA) is 88.9 Å². The quantitative estimate of drug-likeness (QED) is 0.483. The van der Waals surface area contributed by atoms with Crippen LogP contribution in [0.5, 0.6) is 0 Å². The average molecular weight is 587 g/mol. The number of thioether (sulfide) groups is 1. The summed E-state index contributed by atoms with van der Waals surface area (Å²) in [7, 11) is 1.89. The van der Waals surface area contributed by atoms with Crippen LogP contribution in [0.4, 0.5) is 11.4 Å². The molecule has 0 aromatic heterocycles. The maximum absolute atomic E-state index is 13.7. The van der Waals surface area contributed by atoms with E-state index in [-0.39, 0.29) is 35.9 Å². The molecule has 6 rings (SSSR count). The van der Waals surface area contributed by atoms with E-state index in [2.05, 4.69) is 17.0 Å². The molecule has 0 bridgehead atoms. The zero-order chi connectivity index (χ0) is 29.1. The first-order valence-corrected chi connectivity index (χ1v) is 16.0. The lowest BCUT2D eigenvalue weighted by Gasteiger charge is -2.36. The standard InChI is InChI=1S/C32H38N6O3S/c1-35(23-10-4-2-5-11-23)29(40)22-42-32-34-26-15-9-8-14-25(26)30-33-27(31(41)38(30)32)16-17-28(39)37-20-18-36(19-21-37)24-12-6-3-7-13-24/h3,6-9,12-15,23,27H,2,4-5,10-11,16-22H2,1H3/t27-/m1/s1. The number of hydrogen-bond donors (Lipinski definition) is 0. The van der Waals surface area contributed by atoms with E-state index in [1.807, 2.05) is 59.3 Å². The Labute approximate surface area is 251 Å². The SMILES string of the molecule is CN(C(=O)CSC1=Nc2ccccc2C2=N[C@H](CCC(=O)N3CCN(c4ccccc4)CC3)C(=O)N12)C1CCCCC1. The molecule has 0 unspecified atom stereocenters.